The van der Waals surface area contributed by atoms with Gasteiger partial charge in [0.25, 0.3) is 11.5 Å². The summed E-state index contributed by atoms with van der Waals surface area (Å²) >= 11 is 0. The van der Waals surface area contributed by atoms with Crippen LogP contribution in [0.2, 0.25) is 0 Å². The second kappa shape index (κ2) is 4.30. The second-order valence-electron chi connectivity index (χ2n) is 5.09. The number of likely N-dealkylation sites (tertiary alicyclic amines) is 1. The van der Waals surface area contributed by atoms with Crippen molar-refractivity contribution in [2.24, 2.45) is 0 Å². The normalized spacial score (nSPS) is 15.3. The van der Waals surface area contributed by atoms with E-state index in [0.29, 0.717) is 24.4 Å². The molecule has 21 heavy (non-hydrogen) atoms. The van der Waals surface area contributed by atoms with Crippen LogP contribution < -0.4 is 5.56 Å². The van der Waals surface area contributed by atoms with E-state index in [4.69, 9.17) is 0 Å². The van der Waals surface area contributed by atoms with E-state index in [9.17, 15) is 9.59 Å². The highest BCUT2D eigenvalue weighted by atomic mass is 16.2. The summed E-state index contributed by atoms with van der Waals surface area (Å²) in [5.41, 5.74) is 1.67. The van der Waals surface area contributed by atoms with E-state index in [2.05, 4.69) is 25.4 Å². The fraction of sp³-hybridized carbons (Fsp3) is 0.231. The van der Waals surface area contributed by atoms with Gasteiger partial charge in [-0.25, -0.2) is 4.98 Å². The van der Waals surface area contributed by atoms with Gasteiger partial charge in [-0.15, -0.1) is 0 Å². The number of hydrogen-bond donors (Lipinski definition) is 3. The molecule has 4 heterocycles. The van der Waals surface area contributed by atoms with Crippen molar-refractivity contribution in [3.8, 4) is 0 Å². The maximum atomic E-state index is 12.4. The largest absolute Gasteiger partial charge is 0.336 e. The van der Waals surface area contributed by atoms with Crippen LogP contribution in [-0.2, 0) is 0 Å². The van der Waals surface area contributed by atoms with Crippen LogP contribution in [0.25, 0.3) is 11.0 Å². The zero-order valence-electron chi connectivity index (χ0n) is 11.0. The van der Waals surface area contributed by atoms with Gasteiger partial charge in [0.2, 0.25) is 0 Å². The predicted molar refractivity (Wildman–Crippen MR) is 73.9 cm³/mol. The summed E-state index contributed by atoms with van der Waals surface area (Å²) in [6, 6.07) is 5.13. The van der Waals surface area contributed by atoms with Crippen molar-refractivity contribution < 1.29 is 4.79 Å². The molecule has 0 unspecified atom stereocenters. The van der Waals surface area contributed by atoms with E-state index >= 15 is 0 Å². The third kappa shape index (κ3) is 1.83. The Morgan fingerprint density at radius 3 is 2.95 bits per heavy atom. The summed E-state index contributed by atoms with van der Waals surface area (Å²) in [5.74, 6) is 0.0693. The van der Waals surface area contributed by atoms with Gasteiger partial charge in [0.15, 0.2) is 5.65 Å². The molecular formula is C13H12N6O2. The molecule has 0 aromatic carbocycles. The van der Waals surface area contributed by atoms with Crippen LogP contribution in [0.3, 0.4) is 0 Å². The van der Waals surface area contributed by atoms with E-state index in [0.717, 1.165) is 11.1 Å². The number of hydrogen-bond acceptors (Lipinski definition) is 4. The lowest BCUT2D eigenvalue weighted by atomic mass is 9.96. The van der Waals surface area contributed by atoms with E-state index < -0.39 is 0 Å². The minimum absolute atomic E-state index is 0.0976. The molecule has 3 N–H and O–H groups in total. The Labute approximate surface area is 118 Å². The molecule has 106 valence electrons. The number of fused-ring (bicyclic) bond motifs is 1. The topological polar surface area (TPSA) is 111 Å². The van der Waals surface area contributed by atoms with Gasteiger partial charge in [0.1, 0.15) is 5.69 Å². The number of carbonyl (C=O) groups excluding carboxylic acids is 1. The van der Waals surface area contributed by atoms with Crippen molar-refractivity contribution in [1.82, 2.24) is 30.3 Å². The van der Waals surface area contributed by atoms with E-state index in [-0.39, 0.29) is 17.4 Å². The highest BCUT2D eigenvalue weighted by molar-refractivity contribution is 6.04. The number of aromatic nitrogens is 5. The number of nitrogens with one attached hydrogen (secondary N) is 3. The molecule has 1 aliphatic rings. The smallest absolute Gasteiger partial charge is 0.272 e. The quantitative estimate of drug-likeness (QED) is 0.624. The highest BCUT2D eigenvalue weighted by Crippen LogP contribution is 2.27. The first-order chi connectivity index (χ1) is 10.2. The fourth-order valence-corrected chi connectivity index (χ4v) is 2.58. The average molecular weight is 284 g/mol. The monoisotopic (exact) mass is 284 g/mol. The zero-order valence-corrected chi connectivity index (χ0v) is 11.0. The molecular weight excluding hydrogens is 272 g/mol. The van der Waals surface area contributed by atoms with Gasteiger partial charge in [0.05, 0.1) is 5.39 Å². The summed E-state index contributed by atoms with van der Waals surface area (Å²) < 4.78 is 0. The summed E-state index contributed by atoms with van der Waals surface area (Å²) in [4.78, 5) is 29.3. The highest BCUT2D eigenvalue weighted by Gasteiger charge is 2.34. The average Bonchev–Trinajstić information content (AvgIpc) is 3.03. The molecule has 1 aliphatic heterocycles. The molecule has 0 spiro atoms. The first-order valence-corrected chi connectivity index (χ1v) is 6.58. The molecule has 3 aromatic heterocycles. The lowest BCUT2D eigenvalue weighted by molar-refractivity contribution is 0.0594. The maximum absolute atomic E-state index is 12.4. The van der Waals surface area contributed by atoms with Gasteiger partial charge < -0.3 is 10.00 Å². The van der Waals surface area contributed by atoms with Gasteiger partial charge in [-0.1, -0.05) is 0 Å². The SMILES string of the molecule is O=C(c1[nH]nc2ncccc12)N1CC(c2cc(=O)[nH][nH]2)C1. The molecule has 8 heteroatoms. The molecule has 0 atom stereocenters. The number of amides is 1. The molecule has 3 aromatic rings. The Bertz CT molecular complexity index is 870. The molecule has 4 rings (SSSR count). The van der Waals surface area contributed by atoms with Crippen LogP contribution in [0.4, 0.5) is 0 Å². The molecule has 1 amide bonds. The van der Waals surface area contributed by atoms with Crippen molar-refractivity contribution >= 4 is 16.9 Å². The van der Waals surface area contributed by atoms with Gasteiger partial charge in [-0.05, 0) is 12.1 Å². The van der Waals surface area contributed by atoms with Crippen LogP contribution in [0.15, 0.2) is 29.2 Å². The van der Waals surface area contributed by atoms with Crippen LogP contribution >= 0.6 is 0 Å². The van der Waals surface area contributed by atoms with Crippen LogP contribution in [0, 0.1) is 0 Å². The Balaban J connectivity index is 1.53. The number of H-pyrrole nitrogens is 3. The van der Waals surface area contributed by atoms with Crippen molar-refractivity contribution in [3.05, 3.63) is 46.1 Å². The van der Waals surface area contributed by atoms with Gasteiger partial charge >= 0.3 is 0 Å². The molecule has 1 saturated heterocycles. The number of aromatic amines is 3. The van der Waals surface area contributed by atoms with Crippen LogP contribution in [0.5, 0.6) is 0 Å². The van der Waals surface area contributed by atoms with Crippen molar-refractivity contribution in [3.63, 3.8) is 0 Å². The van der Waals surface area contributed by atoms with Gasteiger partial charge in [0, 0.05) is 37.0 Å². The van der Waals surface area contributed by atoms with Crippen LogP contribution in [0.1, 0.15) is 22.1 Å². The zero-order chi connectivity index (χ0) is 14.4. The Hall–Kier alpha value is -2.90. The standard InChI is InChI=1S/C13H12N6O2/c20-10-4-9(15-16-10)7-5-19(6-7)13(21)11-8-2-1-3-14-12(8)18-17-11/h1-4,7H,5-6H2,(H,14,17,18)(H2,15,16,20). The summed E-state index contributed by atoms with van der Waals surface area (Å²) in [7, 11) is 0. The lowest BCUT2D eigenvalue weighted by Crippen LogP contribution is -2.48. The summed E-state index contributed by atoms with van der Waals surface area (Å²) in [6.07, 6.45) is 1.64. The maximum Gasteiger partial charge on any atom is 0.272 e. The summed E-state index contributed by atoms with van der Waals surface area (Å²) in [5, 5.41) is 12.8. The van der Waals surface area contributed by atoms with Crippen molar-refractivity contribution in [2.75, 3.05) is 13.1 Å². The van der Waals surface area contributed by atoms with E-state index in [1.165, 1.54) is 6.07 Å². The number of pyridine rings is 1. The van der Waals surface area contributed by atoms with Gasteiger partial charge in [-0.3, -0.25) is 19.8 Å². The minimum Gasteiger partial charge on any atom is -0.336 e. The Kier molecular flexibility index (Phi) is 2.44. The molecule has 0 bridgehead atoms. The predicted octanol–water partition coefficient (Wildman–Crippen LogP) is 0.214. The first kappa shape index (κ1) is 11.9. The summed E-state index contributed by atoms with van der Waals surface area (Å²) in [6.45, 7) is 1.15. The molecule has 0 aliphatic carbocycles. The van der Waals surface area contributed by atoms with E-state index in [1.807, 2.05) is 6.07 Å². The molecule has 1 fully saturated rings. The minimum atomic E-state index is -0.152. The molecule has 0 saturated carbocycles. The first-order valence-electron chi connectivity index (χ1n) is 6.58. The third-order valence-corrected chi connectivity index (χ3v) is 3.77. The Morgan fingerprint density at radius 2 is 2.19 bits per heavy atom. The van der Waals surface area contributed by atoms with Crippen molar-refractivity contribution in [1.29, 1.82) is 0 Å². The Morgan fingerprint density at radius 1 is 1.33 bits per heavy atom. The number of carbonyl (C=O) groups is 1. The second-order valence-corrected chi connectivity index (χ2v) is 5.09. The number of nitrogens with zero attached hydrogens (tertiary/aromatic N) is 3. The van der Waals surface area contributed by atoms with E-state index in [1.54, 1.807) is 17.2 Å². The van der Waals surface area contributed by atoms with Gasteiger partial charge in [-0.2, -0.15) is 5.10 Å². The lowest BCUT2D eigenvalue weighted by Gasteiger charge is -2.38. The van der Waals surface area contributed by atoms with Crippen LogP contribution in [-0.4, -0.2) is 49.3 Å². The molecule has 8 nitrogen and oxygen atoms in total. The van der Waals surface area contributed by atoms with Crippen molar-refractivity contribution in [2.45, 2.75) is 5.92 Å². The molecule has 0 radical (unpaired) electrons. The fourth-order valence-electron chi connectivity index (χ4n) is 2.58. The third-order valence-electron chi connectivity index (χ3n) is 3.77. The number of rotatable bonds is 2.